The van der Waals surface area contributed by atoms with Crippen molar-refractivity contribution < 1.29 is 5.11 Å². The minimum absolute atomic E-state index is 0.379. The summed E-state index contributed by atoms with van der Waals surface area (Å²) in [6, 6.07) is 10.2. The highest BCUT2D eigenvalue weighted by molar-refractivity contribution is 7.98. The zero-order valence-corrected chi connectivity index (χ0v) is 10.5. The summed E-state index contributed by atoms with van der Waals surface area (Å²) in [6.45, 7) is 0. The van der Waals surface area contributed by atoms with Crippen LogP contribution in [-0.4, -0.2) is 17.1 Å². The molecule has 1 aliphatic rings. The molecule has 1 nitrogen and oxygen atoms in total. The van der Waals surface area contributed by atoms with Crippen molar-refractivity contribution >= 4 is 28.6 Å². The van der Waals surface area contributed by atoms with E-state index in [0.717, 1.165) is 11.3 Å². The summed E-state index contributed by atoms with van der Waals surface area (Å²) in [7, 11) is 0. The first kappa shape index (κ1) is 10.7. The fourth-order valence-electron chi connectivity index (χ4n) is 2.54. The van der Waals surface area contributed by atoms with Gasteiger partial charge in [-0.2, -0.15) is 11.8 Å². The van der Waals surface area contributed by atoms with Crippen LogP contribution in [0.1, 0.15) is 17.0 Å². The number of thioether (sulfide) groups is 1. The molecular weight excluding hydrogens is 228 g/mol. The van der Waals surface area contributed by atoms with Crippen LogP contribution < -0.4 is 0 Å². The third-order valence-electron chi connectivity index (χ3n) is 3.34. The van der Waals surface area contributed by atoms with Gasteiger partial charge < -0.3 is 5.11 Å². The van der Waals surface area contributed by atoms with Crippen LogP contribution in [0.3, 0.4) is 0 Å². The molecule has 2 aromatic carbocycles. The van der Waals surface area contributed by atoms with Crippen LogP contribution in [0, 0.1) is 0 Å². The van der Waals surface area contributed by atoms with Gasteiger partial charge in [-0.3, -0.25) is 0 Å². The van der Waals surface area contributed by atoms with Crippen LogP contribution in [-0.2, 0) is 0 Å². The predicted molar refractivity (Wildman–Crippen MR) is 75.8 cm³/mol. The molecule has 17 heavy (non-hydrogen) atoms. The van der Waals surface area contributed by atoms with Crippen LogP contribution in [0.5, 0.6) is 5.75 Å². The van der Waals surface area contributed by atoms with E-state index in [1.54, 1.807) is 6.07 Å². The van der Waals surface area contributed by atoms with Gasteiger partial charge in [0.15, 0.2) is 0 Å². The van der Waals surface area contributed by atoms with Gasteiger partial charge in [0.05, 0.1) is 0 Å². The van der Waals surface area contributed by atoms with Gasteiger partial charge >= 0.3 is 0 Å². The Kier molecular flexibility index (Phi) is 2.60. The minimum atomic E-state index is 0.379. The van der Waals surface area contributed by atoms with E-state index in [4.69, 9.17) is 0 Å². The zero-order valence-electron chi connectivity index (χ0n) is 9.68. The van der Waals surface area contributed by atoms with Crippen molar-refractivity contribution in [3.05, 3.63) is 47.5 Å². The monoisotopic (exact) mass is 242 g/mol. The Morgan fingerprint density at radius 2 is 2.12 bits per heavy atom. The molecule has 0 bridgehead atoms. The van der Waals surface area contributed by atoms with E-state index in [1.807, 2.05) is 17.8 Å². The van der Waals surface area contributed by atoms with E-state index < -0.39 is 0 Å². The van der Waals surface area contributed by atoms with Gasteiger partial charge in [0.2, 0.25) is 0 Å². The van der Waals surface area contributed by atoms with Crippen molar-refractivity contribution in [1.82, 2.24) is 0 Å². The Labute approximate surface area is 105 Å². The second kappa shape index (κ2) is 4.11. The largest absolute Gasteiger partial charge is 0.507 e. The van der Waals surface area contributed by atoms with Gasteiger partial charge in [-0.05, 0) is 28.7 Å². The molecular formula is C15H14OS. The maximum absolute atomic E-state index is 9.93. The third kappa shape index (κ3) is 1.64. The van der Waals surface area contributed by atoms with Crippen LogP contribution in [0.4, 0.5) is 0 Å². The molecule has 1 aliphatic carbocycles. The molecule has 0 fully saturated rings. The third-order valence-corrected chi connectivity index (χ3v) is 4.03. The number of phenols is 1. The van der Waals surface area contributed by atoms with Crippen LogP contribution >= 0.6 is 11.8 Å². The number of aromatic hydroxyl groups is 1. The highest BCUT2D eigenvalue weighted by Crippen LogP contribution is 2.39. The summed E-state index contributed by atoms with van der Waals surface area (Å²) in [5, 5.41) is 12.4. The molecule has 0 spiro atoms. The number of hydrogen-bond donors (Lipinski definition) is 1. The number of allylic oxidation sites excluding steroid dienone is 1. The minimum Gasteiger partial charge on any atom is -0.507 e. The Hall–Kier alpha value is -1.41. The van der Waals surface area contributed by atoms with Crippen molar-refractivity contribution in [3.63, 3.8) is 0 Å². The Morgan fingerprint density at radius 1 is 1.24 bits per heavy atom. The molecule has 0 aliphatic heterocycles. The Balaban J connectivity index is 2.31. The number of rotatable bonds is 2. The number of hydrogen-bond acceptors (Lipinski definition) is 2. The molecule has 2 heteroatoms. The lowest BCUT2D eigenvalue weighted by Crippen LogP contribution is -2.03. The molecule has 0 saturated carbocycles. The van der Waals surface area contributed by atoms with E-state index in [9.17, 15) is 5.11 Å². The molecule has 2 aromatic rings. The van der Waals surface area contributed by atoms with Gasteiger partial charge in [0.1, 0.15) is 5.75 Å². The van der Waals surface area contributed by atoms with Crippen LogP contribution in [0.15, 0.2) is 36.4 Å². The SMILES string of the molecule is CSCC1C=Cc2c(O)ccc3cccc1c23. The molecule has 1 N–H and O–H groups in total. The molecule has 0 radical (unpaired) electrons. The van der Waals surface area contributed by atoms with Gasteiger partial charge in [0.25, 0.3) is 0 Å². The quantitative estimate of drug-likeness (QED) is 0.858. The summed E-state index contributed by atoms with van der Waals surface area (Å²) < 4.78 is 0. The highest BCUT2D eigenvalue weighted by atomic mass is 32.2. The number of phenolic OH excluding ortho intramolecular Hbond substituents is 1. The van der Waals surface area contributed by atoms with E-state index in [-0.39, 0.29) is 0 Å². The summed E-state index contributed by atoms with van der Waals surface area (Å²) in [4.78, 5) is 0. The fourth-order valence-corrected chi connectivity index (χ4v) is 3.19. The second-order valence-electron chi connectivity index (χ2n) is 4.36. The first-order chi connectivity index (χ1) is 8.31. The predicted octanol–water partition coefficient (Wildman–Crippen LogP) is 4.02. The molecule has 0 saturated heterocycles. The lowest BCUT2D eigenvalue weighted by molar-refractivity contribution is 0.475. The van der Waals surface area contributed by atoms with E-state index in [2.05, 4.69) is 36.6 Å². The van der Waals surface area contributed by atoms with Crippen molar-refractivity contribution in [2.45, 2.75) is 5.92 Å². The lowest BCUT2D eigenvalue weighted by Gasteiger charge is -2.21. The highest BCUT2D eigenvalue weighted by Gasteiger charge is 2.18. The number of benzene rings is 2. The van der Waals surface area contributed by atoms with Crippen molar-refractivity contribution in [3.8, 4) is 5.75 Å². The first-order valence-corrected chi connectivity index (χ1v) is 7.12. The maximum Gasteiger partial charge on any atom is 0.123 e. The fraction of sp³-hybridized carbons (Fsp3) is 0.200. The van der Waals surface area contributed by atoms with Crippen LogP contribution in [0.2, 0.25) is 0 Å². The van der Waals surface area contributed by atoms with Crippen molar-refractivity contribution in [2.75, 3.05) is 12.0 Å². The lowest BCUT2D eigenvalue weighted by atomic mass is 9.86. The molecule has 0 aromatic heterocycles. The van der Waals surface area contributed by atoms with Gasteiger partial charge in [0, 0.05) is 17.2 Å². The summed E-state index contributed by atoms with van der Waals surface area (Å²) in [6.07, 6.45) is 6.39. The molecule has 0 amide bonds. The molecule has 86 valence electrons. The molecule has 1 atom stereocenters. The average Bonchev–Trinajstić information content (AvgIpc) is 2.36. The topological polar surface area (TPSA) is 20.2 Å². The molecule has 0 heterocycles. The Bertz CT molecular complexity index is 601. The Morgan fingerprint density at radius 3 is 2.94 bits per heavy atom. The first-order valence-electron chi connectivity index (χ1n) is 5.73. The van der Waals surface area contributed by atoms with Gasteiger partial charge in [-0.1, -0.05) is 36.4 Å². The standard InChI is InChI=1S/C15H14OS/c1-17-9-11-5-7-13-14(16)8-6-10-3-2-4-12(11)15(10)13/h2-8,11,16H,9H2,1H3. The maximum atomic E-state index is 9.93. The van der Waals surface area contributed by atoms with Crippen molar-refractivity contribution in [1.29, 1.82) is 0 Å². The van der Waals surface area contributed by atoms with Crippen LogP contribution in [0.25, 0.3) is 16.8 Å². The smallest absolute Gasteiger partial charge is 0.123 e. The zero-order chi connectivity index (χ0) is 11.8. The summed E-state index contributed by atoms with van der Waals surface area (Å²) in [5.41, 5.74) is 2.31. The average molecular weight is 242 g/mol. The molecule has 3 rings (SSSR count). The summed E-state index contributed by atoms with van der Waals surface area (Å²) in [5.74, 6) is 1.93. The second-order valence-corrected chi connectivity index (χ2v) is 5.28. The van der Waals surface area contributed by atoms with Gasteiger partial charge in [-0.15, -0.1) is 0 Å². The summed E-state index contributed by atoms with van der Waals surface area (Å²) >= 11 is 1.86. The normalized spacial score (nSPS) is 17.6. The van der Waals surface area contributed by atoms with E-state index in [0.29, 0.717) is 11.7 Å². The van der Waals surface area contributed by atoms with E-state index in [1.165, 1.54) is 16.3 Å². The van der Waals surface area contributed by atoms with Crippen molar-refractivity contribution in [2.24, 2.45) is 0 Å². The molecule has 1 unspecified atom stereocenters. The van der Waals surface area contributed by atoms with Gasteiger partial charge in [-0.25, -0.2) is 0 Å². The van der Waals surface area contributed by atoms with E-state index >= 15 is 0 Å².